The van der Waals surface area contributed by atoms with Crippen LogP contribution in [0.3, 0.4) is 0 Å². The van der Waals surface area contributed by atoms with E-state index in [1.165, 1.54) is 22.7 Å². The first-order chi connectivity index (χ1) is 19.5. The number of benzene rings is 1. The van der Waals surface area contributed by atoms with Crippen molar-refractivity contribution >= 4 is 81.4 Å². The molecule has 222 valence electrons. The number of amides is 2. The van der Waals surface area contributed by atoms with Crippen LogP contribution in [0, 0.1) is 5.92 Å². The number of thiazole rings is 1. The SMILES string of the molecule is CCOCCn1c(=NC(=O)CS(=O)(=O)CC(=O)Nc2sc3c(c2C(=O)OCC)CCC(C)C3)sc2cc(Br)ccc21. The van der Waals surface area contributed by atoms with Crippen LogP contribution in [0.4, 0.5) is 5.00 Å². The van der Waals surface area contributed by atoms with Crippen molar-refractivity contribution in [3.63, 3.8) is 0 Å². The number of halogens is 1. The molecule has 41 heavy (non-hydrogen) atoms. The smallest absolute Gasteiger partial charge is 0.341 e. The molecule has 4 rings (SSSR count). The Morgan fingerprint density at radius 3 is 2.68 bits per heavy atom. The maximum atomic E-state index is 12.8. The molecule has 0 radical (unpaired) electrons. The van der Waals surface area contributed by atoms with E-state index >= 15 is 0 Å². The molecule has 0 spiro atoms. The lowest BCUT2D eigenvalue weighted by Crippen LogP contribution is -2.28. The fourth-order valence-electron chi connectivity index (χ4n) is 4.65. The lowest BCUT2D eigenvalue weighted by molar-refractivity contribution is -0.115. The molecule has 1 unspecified atom stereocenters. The Kier molecular flexibility index (Phi) is 10.6. The molecule has 0 aliphatic heterocycles. The number of hydrogen-bond donors (Lipinski definition) is 1. The largest absolute Gasteiger partial charge is 0.462 e. The van der Waals surface area contributed by atoms with Crippen LogP contribution in [-0.2, 0) is 48.3 Å². The molecule has 14 heteroatoms. The summed E-state index contributed by atoms with van der Waals surface area (Å²) in [6, 6.07) is 5.66. The molecular weight excluding hydrogens is 654 g/mol. The van der Waals surface area contributed by atoms with Gasteiger partial charge in [-0.25, -0.2) is 13.2 Å². The molecule has 3 aromatic rings. The summed E-state index contributed by atoms with van der Waals surface area (Å²) in [6.45, 7) is 7.25. The van der Waals surface area contributed by atoms with E-state index in [9.17, 15) is 22.8 Å². The van der Waals surface area contributed by atoms with Crippen LogP contribution in [-0.4, -0.2) is 62.1 Å². The summed E-state index contributed by atoms with van der Waals surface area (Å²) in [4.78, 5) is 43.8. The van der Waals surface area contributed by atoms with Gasteiger partial charge in [0.05, 0.1) is 29.0 Å². The van der Waals surface area contributed by atoms with Crippen LogP contribution in [0.15, 0.2) is 27.7 Å². The first-order valence-corrected chi connectivity index (χ1v) is 17.5. The van der Waals surface area contributed by atoms with Crippen LogP contribution < -0.4 is 10.1 Å². The highest BCUT2D eigenvalue weighted by Crippen LogP contribution is 2.40. The van der Waals surface area contributed by atoms with Crippen molar-refractivity contribution in [2.45, 2.75) is 46.6 Å². The molecule has 1 atom stereocenters. The first kappa shape index (κ1) is 31.5. The second-order valence-electron chi connectivity index (χ2n) is 9.71. The van der Waals surface area contributed by atoms with Crippen molar-refractivity contribution in [3.05, 3.63) is 43.5 Å². The normalized spacial score (nSPS) is 15.6. The minimum Gasteiger partial charge on any atom is -0.462 e. The standard InChI is InChI=1S/C27H32BrN3O7S3/c1-4-37-11-10-31-19-9-7-17(28)13-21(19)40-27(31)30-23(33)15-41(35,36)14-22(32)29-25-24(26(34)38-5-2)18-8-6-16(3)12-20(18)39-25/h7,9,13,16H,4-6,8,10-12,14-15H2,1-3H3,(H,29,32). The third-order valence-corrected chi connectivity index (χ3v) is 10.6. The van der Waals surface area contributed by atoms with E-state index in [4.69, 9.17) is 9.47 Å². The number of anilines is 1. The number of thiophene rings is 1. The molecule has 2 heterocycles. The first-order valence-electron chi connectivity index (χ1n) is 13.3. The van der Waals surface area contributed by atoms with Gasteiger partial charge in [-0.05, 0) is 62.8 Å². The number of fused-ring (bicyclic) bond motifs is 2. The minimum absolute atomic E-state index is 0.177. The number of sulfone groups is 1. The van der Waals surface area contributed by atoms with E-state index in [1.807, 2.05) is 29.7 Å². The summed E-state index contributed by atoms with van der Waals surface area (Å²) in [5, 5.41) is 2.88. The summed E-state index contributed by atoms with van der Waals surface area (Å²) in [7, 11) is -4.15. The zero-order valence-electron chi connectivity index (χ0n) is 23.0. The number of esters is 1. The minimum atomic E-state index is -4.15. The van der Waals surface area contributed by atoms with E-state index in [0.29, 0.717) is 42.5 Å². The average Bonchev–Trinajstić information content (AvgIpc) is 3.39. The van der Waals surface area contributed by atoms with Gasteiger partial charge in [0.15, 0.2) is 14.6 Å². The van der Waals surface area contributed by atoms with Gasteiger partial charge in [0.2, 0.25) is 5.91 Å². The number of carbonyl (C=O) groups is 3. The average molecular weight is 687 g/mol. The zero-order valence-corrected chi connectivity index (χ0v) is 27.1. The highest BCUT2D eigenvalue weighted by Gasteiger charge is 2.30. The van der Waals surface area contributed by atoms with Crippen molar-refractivity contribution < 1.29 is 32.3 Å². The lowest BCUT2D eigenvalue weighted by Gasteiger charge is -2.18. The van der Waals surface area contributed by atoms with E-state index in [2.05, 4.69) is 33.2 Å². The third kappa shape index (κ3) is 7.92. The van der Waals surface area contributed by atoms with Gasteiger partial charge in [-0.2, -0.15) is 4.99 Å². The van der Waals surface area contributed by atoms with Gasteiger partial charge in [0, 0.05) is 22.5 Å². The number of nitrogens with one attached hydrogen (secondary N) is 1. The summed E-state index contributed by atoms with van der Waals surface area (Å²) < 4.78 is 39.9. The summed E-state index contributed by atoms with van der Waals surface area (Å²) in [6.07, 6.45) is 2.37. The molecule has 1 N–H and O–H groups in total. The number of nitrogens with zero attached hydrogens (tertiary/aromatic N) is 2. The number of rotatable bonds is 11. The number of hydrogen-bond acceptors (Lipinski definition) is 9. The van der Waals surface area contributed by atoms with Gasteiger partial charge in [0.25, 0.3) is 5.91 Å². The molecule has 1 aliphatic rings. The van der Waals surface area contributed by atoms with E-state index in [0.717, 1.165) is 38.0 Å². The molecule has 1 aliphatic carbocycles. The maximum Gasteiger partial charge on any atom is 0.341 e. The molecule has 10 nitrogen and oxygen atoms in total. The number of carbonyl (C=O) groups excluding carboxylic acids is 3. The molecule has 0 bridgehead atoms. The van der Waals surface area contributed by atoms with Gasteiger partial charge in [-0.3, -0.25) is 9.59 Å². The molecule has 0 saturated heterocycles. The Morgan fingerprint density at radius 2 is 1.95 bits per heavy atom. The zero-order chi connectivity index (χ0) is 29.7. The Labute approximate surface area is 254 Å². The number of aromatic nitrogens is 1. The predicted molar refractivity (Wildman–Crippen MR) is 163 cm³/mol. The van der Waals surface area contributed by atoms with Crippen molar-refractivity contribution in [1.82, 2.24) is 4.57 Å². The van der Waals surface area contributed by atoms with Gasteiger partial charge >= 0.3 is 5.97 Å². The summed E-state index contributed by atoms with van der Waals surface area (Å²) in [5.41, 5.74) is 1.99. The fourth-order valence-corrected chi connectivity index (χ4v) is 8.70. The lowest BCUT2D eigenvalue weighted by atomic mass is 9.88. The van der Waals surface area contributed by atoms with E-state index < -0.39 is 39.1 Å². The fraction of sp³-hybridized carbons (Fsp3) is 0.481. The monoisotopic (exact) mass is 685 g/mol. The molecule has 0 saturated carbocycles. The quantitative estimate of drug-likeness (QED) is 0.234. The summed E-state index contributed by atoms with van der Waals surface area (Å²) in [5.74, 6) is -3.64. The van der Waals surface area contributed by atoms with Crippen molar-refractivity contribution in [2.75, 3.05) is 36.6 Å². The van der Waals surface area contributed by atoms with Crippen LogP contribution in [0.1, 0.15) is 48.0 Å². The van der Waals surface area contributed by atoms with Crippen LogP contribution in [0.2, 0.25) is 0 Å². The molecule has 2 aromatic heterocycles. The topological polar surface area (TPSA) is 133 Å². The van der Waals surface area contributed by atoms with E-state index in [-0.39, 0.29) is 11.6 Å². The molecule has 1 aromatic carbocycles. The Bertz CT molecular complexity index is 1640. The Morgan fingerprint density at radius 1 is 1.17 bits per heavy atom. The van der Waals surface area contributed by atoms with Gasteiger partial charge in [0.1, 0.15) is 16.5 Å². The van der Waals surface area contributed by atoms with Gasteiger partial charge in [-0.1, -0.05) is 34.2 Å². The van der Waals surface area contributed by atoms with Crippen molar-refractivity contribution in [3.8, 4) is 0 Å². The van der Waals surface area contributed by atoms with Gasteiger partial charge in [-0.15, -0.1) is 11.3 Å². The van der Waals surface area contributed by atoms with Crippen molar-refractivity contribution in [2.24, 2.45) is 10.9 Å². The van der Waals surface area contributed by atoms with Crippen LogP contribution in [0.25, 0.3) is 10.2 Å². The van der Waals surface area contributed by atoms with Crippen molar-refractivity contribution in [1.29, 1.82) is 0 Å². The summed E-state index contributed by atoms with van der Waals surface area (Å²) >= 11 is 5.97. The second kappa shape index (κ2) is 13.7. The Hall–Kier alpha value is -2.39. The number of ether oxygens (including phenoxy) is 2. The highest BCUT2D eigenvalue weighted by molar-refractivity contribution is 9.10. The highest BCUT2D eigenvalue weighted by atomic mass is 79.9. The van der Waals surface area contributed by atoms with E-state index in [1.54, 1.807) is 6.92 Å². The predicted octanol–water partition coefficient (Wildman–Crippen LogP) is 4.35. The van der Waals surface area contributed by atoms with Crippen LogP contribution in [0.5, 0.6) is 0 Å². The molecular formula is C27H32BrN3O7S3. The maximum absolute atomic E-state index is 12.8. The van der Waals surface area contributed by atoms with Crippen LogP contribution >= 0.6 is 38.6 Å². The van der Waals surface area contributed by atoms with Gasteiger partial charge < -0.3 is 19.4 Å². The second-order valence-corrected chi connectivity index (χ2v) is 14.8. The molecule has 2 amide bonds. The third-order valence-electron chi connectivity index (χ3n) is 6.47. The molecule has 0 fully saturated rings. The Balaban J connectivity index is 1.51.